The number of hydrogen-bond donors (Lipinski definition) is 3. The summed E-state index contributed by atoms with van der Waals surface area (Å²) in [6.45, 7) is 5.45. The van der Waals surface area contributed by atoms with Gasteiger partial charge in [0.25, 0.3) is 5.91 Å². The Hall–Kier alpha value is -2.22. The molecule has 1 amide bonds. The molecule has 2 aromatic rings. The van der Waals surface area contributed by atoms with E-state index in [1.54, 1.807) is 26.0 Å². The monoisotopic (exact) mass is 416 g/mol. The molecular weight excluding hydrogens is 386 g/mol. The van der Waals surface area contributed by atoms with Gasteiger partial charge in [0.05, 0.1) is 4.90 Å². The lowest BCUT2D eigenvalue weighted by Crippen LogP contribution is -2.92. The van der Waals surface area contributed by atoms with E-state index in [0.717, 1.165) is 19.3 Å². The summed E-state index contributed by atoms with van der Waals surface area (Å²) in [7, 11) is -3.54. The SMILES string of the molecule is CC(C)NS(=O)(=O)c1ccc(NC(=O)[C@H](C)[NH2+][C@H]2CCCc3ccccc32)cc1. The van der Waals surface area contributed by atoms with Gasteiger partial charge in [0, 0.05) is 23.7 Å². The number of anilines is 1. The maximum atomic E-state index is 12.7. The smallest absolute Gasteiger partial charge is 0.282 e. The van der Waals surface area contributed by atoms with Crippen LogP contribution in [0.1, 0.15) is 50.8 Å². The number of nitrogens with one attached hydrogen (secondary N) is 2. The van der Waals surface area contributed by atoms with E-state index in [4.69, 9.17) is 0 Å². The molecule has 0 radical (unpaired) electrons. The van der Waals surface area contributed by atoms with Crippen molar-refractivity contribution in [2.45, 2.75) is 63.1 Å². The minimum atomic E-state index is -3.54. The van der Waals surface area contributed by atoms with E-state index in [2.05, 4.69) is 39.6 Å². The maximum Gasteiger partial charge on any atom is 0.282 e. The zero-order chi connectivity index (χ0) is 21.0. The standard InChI is InChI=1S/C22H29N3O3S/c1-15(2)25-29(27,28)19-13-11-18(12-14-19)24-22(26)16(3)23-21-10-6-8-17-7-4-5-9-20(17)21/h4-5,7,9,11-16,21,23,25H,6,8,10H2,1-3H3,(H,24,26)/p+1/t16-,21-/m0/s1. The quantitative estimate of drug-likeness (QED) is 0.647. The van der Waals surface area contributed by atoms with Crippen molar-refractivity contribution in [1.82, 2.24) is 4.72 Å². The van der Waals surface area contributed by atoms with Crippen molar-refractivity contribution >= 4 is 21.6 Å². The topological polar surface area (TPSA) is 91.9 Å². The number of nitrogens with two attached hydrogens (primary N) is 1. The number of fused-ring (bicyclic) bond motifs is 1. The third-order valence-electron chi connectivity index (χ3n) is 5.17. The van der Waals surface area contributed by atoms with Gasteiger partial charge in [-0.2, -0.15) is 0 Å². The molecule has 4 N–H and O–H groups in total. The van der Waals surface area contributed by atoms with Gasteiger partial charge in [0.15, 0.2) is 6.04 Å². The lowest BCUT2D eigenvalue weighted by Gasteiger charge is -2.26. The molecule has 0 aliphatic heterocycles. The van der Waals surface area contributed by atoms with E-state index in [0.29, 0.717) is 5.69 Å². The van der Waals surface area contributed by atoms with Crippen LogP contribution in [0.3, 0.4) is 0 Å². The Morgan fingerprint density at radius 1 is 1.07 bits per heavy atom. The third-order valence-corrected chi connectivity index (χ3v) is 6.85. The van der Waals surface area contributed by atoms with Crippen LogP contribution < -0.4 is 15.4 Å². The van der Waals surface area contributed by atoms with Crippen LogP contribution in [0.15, 0.2) is 53.4 Å². The minimum Gasteiger partial charge on any atom is -0.330 e. The number of quaternary nitrogens is 1. The number of carbonyl (C=O) groups is 1. The van der Waals surface area contributed by atoms with Gasteiger partial charge >= 0.3 is 0 Å². The molecule has 7 heteroatoms. The molecule has 1 aliphatic carbocycles. The Kier molecular flexibility index (Phi) is 6.72. The van der Waals surface area contributed by atoms with Gasteiger partial charge in [-0.05, 0) is 63.4 Å². The van der Waals surface area contributed by atoms with Gasteiger partial charge in [-0.25, -0.2) is 13.1 Å². The molecule has 1 aliphatic rings. The minimum absolute atomic E-state index is 0.0935. The van der Waals surface area contributed by atoms with E-state index in [9.17, 15) is 13.2 Å². The molecule has 0 bridgehead atoms. The van der Waals surface area contributed by atoms with Crippen LogP contribution in [-0.2, 0) is 21.2 Å². The molecule has 156 valence electrons. The van der Waals surface area contributed by atoms with E-state index >= 15 is 0 Å². The summed E-state index contributed by atoms with van der Waals surface area (Å²) in [4.78, 5) is 12.8. The Balaban J connectivity index is 1.62. The molecule has 2 atom stereocenters. The Bertz CT molecular complexity index is 956. The molecule has 0 spiro atoms. The molecule has 0 aromatic heterocycles. The summed E-state index contributed by atoms with van der Waals surface area (Å²) in [5.74, 6) is -0.0935. The van der Waals surface area contributed by atoms with E-state index in [1.165, 1.54) is 23.3 Å². The molecule has 0 saturated carbocycles. The van der Waals surface area contributed by atoms with Crippen molar-refractivity contribution in [3.63, 3.8) is 0 Å². The fraction of sp³-hybridized carbons (Fsp3) is 0.409. The maximum absolute atomic E-state index is 12.7. The van der Waals surface area contributed by atoms with Gasteiger partial charge in [-0.1, -0.05) is 24.3 Å². The molecule has 0 unspecified atom stereocenters. The number of aryl methyl sites for hydroxylation is 1. The fourth-order valence-corrected chi connectivity index (χ4v) is 5.03. The second kappa shape index (κ2) is 9.07. The summed E-state index contributed by atoms with van der Waals surface area (Å²) in [5.41, 5.74) is 3.29. The average molecular weight is 417 g/mol. The van der Waals surface area contributed by atoms with Crippen LogP contribution >= 0.6 is 0 Å². The third kappa shape index (κ3) is 5.44. The predicted molar refractivity (Wildman–Crippen MR) is 114 cm³/mol. The van der Waals surface area contributed by atoms with Crippen molar-refractivity contribution < 1.29 is 18.5 Å². The number of amides is 1. The first-order chi connectivity index (χ1) is 13.8. The fourth-order valence-electron chi connectivity index (χ4n) is 3.78. The Morgan fingerprint density at radius 2 is 1.76 bits per heavy atom. The zero-order valence-corrected chi connectivity index (χ0v) is 18.0. The van der Waals surface area contributed by atoms with Crippen LogP contribution in [0.4, 0.5) is 5.69 Å². The number of carbonyl (C=O) groups excluding carboxylic acids is 1. The summed E-state index contributed by atoms with van der Waals surface area (Å²) < 4.78 is 27.0. The van der Waals surface area contributed by atoms with Crippen molar-refractivity contribution in [3.8, 4) is 0 Å². The highest BCUT2D eigenvalue weighted by atomic mass is 32.2. The second-order valence-electron chi connectivity index (χ2n) is 7.97. The molecule has 0 fully saturated rings. The molecule has 0 heterocycles. The van der Waals surface area contributed by atoms with Crippen LogP contribution in [0, 0.1) is 0 Å². The van der Waals surface area contributed by atoms with Gasteiger partial charge in [0.2, 0.25) is 10.0 Å². The van der Waals surface area contributed by atoms with Crippen molar-refractivity contribution in [2.24, 2.45) is 0 Å². The van der Waals surface area contributed by atoms with Crippen LogP contribution in [0.2, 0.25) is 0 Å². The summed E-state index contributed by atoms with van der Waals surface area (Å²) in [6, 6.07) is 14.6. The summed E-state index contributed by atoms with van der Waals surface area (Å²) >= 11 is 0. The molecule has 2 aromatic carbocycles. The number of rotatable bonds is 7. The van der Waals surface area contributed by atoms with Gasteiger partial charge in [0.1, 0.15) is 6.04 Å². The largest absolute Gasteiger partial charge is 0.330 e. The number of hydrogen-bond acceptors (Lipinski definition) is 3. The molecular formula is C22H30N3O3S+. The number of sulfonamides is 1. The second-order valence-corrected chi connectivity index (χ2v) is 9.68. The van der Waals surface area contributed by atoms with E-state index in [-0.39, 0.29) is 28.9 Å². The molecule has 6 nitrogen and oxygen atoms in total. The number of benzene rings is 2. The van der Waals surface area contributed by atoms with Crippen LogP contribution in [0.5, 0.6) is 0 Å². The zero-order valence-electron chi connectivity index (χ0n) is 17.2. The first-order valence-electron chi connectivity index (χ1n) is 10.1. The van der Waals surface area contributed by atoms with Crippen LogP contribution in [0.25, 0.3) is 0 Å². The highest BCUT2D eigenvalue weighted by molar-refractivity contribution is 7.89. The average Bonchev–Trinajstić information content (AvgIpc) is 2.67. The normalized spacial score (nSPS) is 17.6. The van der Waals surface area contributed by atoms with Gasteiger partial charge in [-0.15, -0.1) is 0 Å². The predicted octanol–water partition coefficient (Wildman–Crippen LogP) is 2.34. The molecule has 0 saturated heterocycles. The Labute approximate surface area is 173 Å². The molecule has 29 heavy (non-hydrogen) atoms. The lowest BCUT2D eigenvalue weighted by atomic mass is 9.87. The Morgan fingerprint density at radius 3 is 2.45 bits per heavy atom. The van der Waals surface area contributed by atoms with Crippen molar-refractivity contribution in [3.05, 3.63) is 59.7 Å². The lowest BCUT2D eigenvalue weighted by molar-refractivity contribution is -0.714. The van der Waals surface area contributed by atoms with Gasteiger partial charge in [-0.3, -0.25) is 4.79 Å². The highest BCUT2D eigenvalue weighted by Gasteiger charge is 2.27. The van der Waals surface area contributed by atoms with Crippen molar-refractivity contribution in [1.29, 1.82) is 0 Å². The van der Waals surface area contributed by atoms with Crippen LogP contribution in [-0.4, -0.2) is 26.4 Å². The summed E-state index contributed by atoms with van der Waals surface area (Å²) in [6.07, 6.45) is 3.29. The first kappa shape index (κ1) is 21.5. The van der Waals surface area contributed by atoms with E-state index < -0.39 is 10.0 Å². The molecule has 3 rings (SSSR count). The summed E-state index contributed by atoms with van der Waals surface area (Å²) in [5, 5.41) is 5.01. The van der Waals surface area contributed by atoms with E-state index in [1.807, 2.05) is 6.92 Å². The highest BCUT2D eigenvalue weighted by Crippen LogP contribution is 2.26. The first-order valence-corrected chi connectivity index (χ1v) is 11.6. The van der Waals surface area contributed by atoms with Crippen molar-refractivity contribution in [2.75, 3.05) is 5.32 Å². The van der Waals surface area contributed by atoms with Gasteiger partial charge < -0.3 is 10.6 Å².